The lowest BCUT2D eigenvalue weighted by Gasteiger charge is -2.16. The monoisotopic (exact) mass is 822 g/mol. The van der Waals surface area contributed by atoms with Crippen molar-refractivity contribution in [2.75, 3.05) is 0 Å². The highest BCUT2D eigenvalue weighted by molar-refractivity contribution is 7.26. The number of thiophene rings is 2. The summed E-state index contributed by atoms with van der Waals surface area (Å²) in [5.74, 6) is 0.698. The van der Waals surface area contributed by atoms with Gasteiger partial charge < -0.3 is 0 Å². The van der Waals surface area contributed by atoms with Crippen LogP contribution in [0, 0.1) is 0 Å². The van der Waals surface area contributed by atoms with E-state index in [1.54, 1.807) is 0 Å². The Bertz CT molecular complexity index is 3800. The molecule has 0 amide bonds. The van der Waals surface area contributed by atoms with Crippen LogP contribution in [0.4, 0.5) is 0 Å². The van der Waals surface area contributed by atoms with Crippen LogP contribution in [0.15, 0.2) is 206 Å². The average Bonchev–Trinajstić information content (AvgIpc) is 3.91. The summed E-state index contributed by atoms with van der Waals surface area (Å²) in [6.45, 7) is 0. The summed E-state index contributed by atoms with van der Waals surface area (Å²) >= 11 is 3.71. The standard InChI is InChI=1S/C58H34N2S2/c1-2-13-36(14-3-1)58-59-51(34-52(60-58)57-44-17-7-5-15-39(44)33-48-43-16-6-4-12-35(43)22-25-47(48)57)42-29-40(37-23-26-55-49(31-37)45-18-8-10-20-53(45)61-55)28-41(30-42)38-24-27-56-50(32-38)46-19-9-11-21-54(46)62-56/h1-34H. The number of hydrogen-bond acceptors (Lipinski definition) is 4. The minimum atomic E-state index is 0.698. The lowest BCUT2D eigenvalue weighted by Crippen LogP contribution is -1.98. The van der Waals surface area contributed by atoms with Crippen LogP contribution >= 0.6 is 22.7 Å². The van der Waals surface area contributed by atoms with Crippen LogP contribution in [0.2, 0.25) is 0 Å². The van der Waals surface area contributed by atoms with Gasteiger partial charge in [0.15, 0.2) is 5.82 Å². The summed E-state index contributed by atoms with van der Waals surface area (Å²) in [7, 11) is 0. The van der Waals surface area contributed by atoms with Crippen LogP contribution in [-0.4, -0.2) is 9.97 Å². The molecule has 13 aromatic rings. The third kappa shape index (κ3) is 5.76. The highest BCUT2D eigenvalue weighted by Gasteiger charge is 2.19. The molecule has 0 aliphatic carbocycles. The molecule has 0 N–H and O–H groups in total. The molecule has 13 rings (SSSR count). The first-order valence-electron chi connectivity index (χ1n) is 21.0. The van der Waals surface area contributed by atoms with Gasteiger partial charge in [0.25, 0.3) is 0 Å². The first-order valence-corrected chi connectivity index (χ1v) is 22.6. The summed E-state index contributed by atoms with van der Waals surface area (Å²) in [5, 5.41) is 12.4. The molecule has 10 aromatic carbocycles. The molecule has 0 bridgehead atoms. The Hall–Kier alpha value is -7.50. The summed E-state index contributed by atoms with van der Waals surface area (Å²) in [6, 6.07) is 75.3. The third-order valence-electron chi connectivity index (χ3n) is 12.4. The molecule has 0 fully saturated rings. The topological polar surface area (TPSA) is 25.8 Å². The highest BCUT2D eigenvalue weighted by atomic mass is 32.1. The highest BCUT2D eigenvalue weighted by Crippen LogP contribution is 2.43. The van der Waals surface area contributed by atoms with E-state index in [0.29, 0.717) is 5.82 Å². The number of nitrogens with zero attached hydrogens (tertiary/aromatic N) is 2. The Kier molecular flexibility index (Phi) is 7.99. The lowest BCUT2D eigenvalue weighted by molar-refractivity contribution is 1.19. The van der Waals surface area contributed by atoms with E-state index in [4.69, 9.17) is 9.97 Å². The molecule has 0 saturated carbocycles. The molecule has 0 aliphatic rings. The second-order valence-corrected chi connectivity index (χ2v) is 18.3. The quantitative estimate of drug-likeness (QED) is 0.128. The maximum absolute atomic E-state index is 5.45. The van der Waals surface area contributed by atoms with Gasteiger partial charge in [-0.2, -0.15) is 0 Å². The molecule has 288 valence electrons. The van der Waals surface area contributed by atoms with E-state index in [0.717, 1.165) is 39.2 Å². The molecule has 4 heteroatoms. The molecule has 3 aromatic heterocycles. The van der Waals surface area contributed by atoms with Gasteiger partial charge in [-0.15, -0.1) is 22.7 Å². The number of rotatable bonds is 5. The van der Waals surface area contributed by atoms with Gasteiger partial charge in [0, 0.05) is 57.0 Å². The zero-order valence-electron chi connectivity index (χ0n) is 33.3. The van der Waals surface area contributed by atoms with E-state index < -0.39 is 0 Å². The van der Waals surface area contributed by atoms with Crippen LogP contribution < -0.4 is 0 Å². The molecule has 0 saturated heterocycles. The summed E-state index contributed by atoms with van der Waals surface area (Å²) in [5.41, 5.74) is 9.56. The first-order chi connectivity index (χ1) is 30.7. The Morgan fingerprint density at radius 1 is 0.258 bits per heavy atom. The minimum absolute atomic E-state index is 0.698. The van der Waals surface area contributed by atoms with Crippen molar-refractivity contribution >= 4 is 95.3 Å². The molecule has 0 atom stereocenters. The number of benzene rings is 10. The largest absolute Gasteiger partial charge is 0.228 e. The minimum Gasteiger partial charge on any atom is -0.228 e. The molecule has 0 spiro atoms. The van der Waals surface area contributed by atoms with Crippen molar-refractivity contribution in [2.24, 2.45) is 0 Å². The van der Waals surface area contributed by atoms with Crippen molar-refractivity contribution in [1.82, 2.24) is 9.97 Å². The molecule has 62 heavy (non-hydrogen) atoms. The molecule has 0 aliphatic heterocycles. The molecular weight excluding hydrogens is 789 g/mol. The number of aromatic nitrogens is 2. The van der Waals surface area contributed by atoms with Crippen molar-refractivity contribution < 1.29 is 0 Å². The van der Waals surface area contributed by atoms with E-state index >= 15 is 0 Å². The molecule has 2 nitrogen and oxygen atoms in total. The summed E-state index contributed by atoms with van der Waals surface area (Å²) in [6.07, 6.45) is 0. The fraction of sp³-hybridized carbons (Fsp3) is 0. The fourth-order valence-corrected chi connectivity index (χ4v) is 11.6. The Morgan fingerprint density at radius 3 is 1.47 bits per heavy atom. The zero-order chi connectivity index (χ0) is 40.7. The van der Waals surface area contributed by atoms with Gasteiger partial charge in [0.2, 0.25) is 0 Å². The zero-order valence-corrected chi connectivity index (χ0v) is 35.0. The molecule has 0 radical (unpaired) electrons. The second-order valence-electron chi connectivity index (χ2n) is 16.1. The first kappa shape index (κ1) is 35.3. The maximum atomic E-state index is 5.45. The third-order valence-corrected chi connectivity index (χ3v) is 14.7. The molecular formula is C58H34N2S2. The van der Waals surface area contributed by atoms with E-state index in [1.807, 2.05) is 28.7 Å². The van der Waals surface area contributed by atoms with E-state index in [1.165, 1.54) is 83.8 Å². The summed E-state index contributed by atoms with van der Waals surface area (Å²) in [4.78, 5) is 10.9. The van der Waals surface area contributed by atoms with Gasteiger partial charge in [-0.1, -0.05) is 140 Å². The van der Waals surface area contributed by atoms with Crippen LogP contribution in [0.5, 0.6) is 0 Å². The molecule has 3 heterocycles. The second kappa shape index (κ2) is 14.0. The van der Waals surface area contributed by atoms with Gasteiger partial charge in [-0.3, -0.25) is 0 Å². The van der Waals surface area contributed by atoms with Crippen LogP contribution in [0.3, 0.4) is 0 Å². The normalized spacial score (nSPS) is 11.9. The van der Waals surface area contributed by atoms with Gasteiger partial charge in [0.05, 0.1) is 11.4 Å². The number of hydrogen-bond donors (Lipinski definition) is 0. The summed E-state index contributed by atoms with van der Waals surface area (Å²) < 4.78 is 5.20. The van der Waals surface area contributed by atoms with Crippen molar-refractivity contribution in [2.45, 2.75) is 0 Å². The van der Waals surface area contributed by atoms with Crippen LogP contribution in [0.1, 0.15) is 0 Å². The van der Waals surface area contributed by atoms with Crippen molar-refractivity contribution in [3.63, 3.8) is 0 Å². The Labute approximate surface area is 365 Å². The maximum Gasteiger partial charge on any atom is 0.160 e. The molecule has 0 unspecified atom stereocenters. The van der Waals surface area contributed by atoms with Gasteiger partial charge in [-0.25, -0.2) is 9.97 Å². The fourth-order valence-electron chi connectivity index (χ4n) is 9.46. The van der Waals surface area contributed by atoms with Crippen LogP contribution in [0.25, 0.3) is 129 Å². The van der Waals surface area contributed by atoms with E-state index in [-0.39, 0.29) is 0 Å². The lowest BCUT2D eigenvalue weighted by atomic mass is 9.90. The Morgan fingerprint density at radius 2 is 0.790 bits per heavy atom. The van der Waals surface area contributed by atoms with Crippen molar-refractivity contribution in [3.05, 3.63) is 206 Å². The van der Waals surface area contributed by atoms with E-state index in [2.05, 4.69) is 200 Å². The number of fused-ring (bicyclic) bond motifs is 10. The van der Waals surface area contributed by atoms with Gasteiger partial charge in [-0.05, 0) is 121 Å². The van der Waals surface area contributed by atoms with Crippen LogP contribution in [-0.2, 0) is 0 Å². The van der Waals surface area contributed by atoms with Gasteiger partial charge >= 0.3 is 0 Å². The van der Waals surface area contributed by atoms with Crippen molar-refractivity contribution in [1.29, 1.82) is 0 Å². The van der Waals surface area contributed by atoms with Crippen molar-refractivity contribution in [3.8, 4) is 56.2 Å². The predicted octanol–water partition coefficient (Wildman–Crippen LogP) is 17.0. The smallest absolute Gasteiger partial charge is 0.160 e. The predicted molar refractivity (Wildman–Crippen MR) is 268 cm³/mol. The average molecular weight is 823 g/mol. The SMILES string of the molecule is c1ccc(-c2nc(-c3cc(-c4ccc5sc6ccccc6c5c4)cc(-c4ccc5sc6ccccc6c5c4)c3)cc(-c3c4ccccc4cc4c3ccc3ccccc34)n2)cc1. The van der Waals surface area contributed by atoms with E-state index in [9.17, 15) is 0 Å². The Balaban J connectivity index is 1.09. The van der Waals surface area contributed by atoms with Gasteiger partial charge in [0.1, 0.15) is 0 Å².